The number of carbonyl (C=O) groups is 2. The van der Waals surface area contributed by atoms with E-state index in [-0.39, 0.29) is 13.0 Å². The molecule has 1 saturated carbocycles. The van der Waals surface area contributed by atoms with Gasteiger partial charge < -0.3 is 15.3 Å². The van der Waals surface area contributed by atoms with E-state index in [1.165, 1.54) is 0 Å². The zero-order chi connectivity index (χ0) is 17.1. The molecule has 0 saturated heterocycles. The number of carboxylic acids is 1. The maximum Gasteiger partial charge on any atom is 0.323 e. The van der Waals surface area contributed by atoms with Gasteiger partial charge in [0.05, 0.1) is 19.0 Å². The van der Waals surface area contributed by atoms with Gasteiger partial charge in [-0.2, -0.15) is 5.26 Å². The Morgan fingerprint density at radius 2 is 2.09 bits per heavy atom. The molecule has 23 heavy (non-hydrogen) atoms. The number of nitrogens with zero attached hydrogens (tertiary/aromatic N) is 3. The number of isocyanates is 1. The molecule has 1 aliphatic carbocycles. The van der Waals surface area contributed by atoms with Gasteiger partial charge in [0.25, 0.3) is 0 Å². The van der Waals surface area contributed by atoms with Gasteiger partial charge in [-0.15, -0.1) is 0 Å². The second-order valence-corrected chi connectivity index (χ2v) is 5.74. The number of amides is 2. The molecule has 8 nitrogen and oxygen atoms in total. The van der Waals surface area contributed by atoms with Gasteiger partial charge in [-0.1, -0.05) is 6.42 Å². The van der Waals surface area contributed by atoms with E-state index in [9.17, 15) is 14.4 Å². The smallest absolute Gasteiger partial charge is 0.323 e. The van der Waals surface area contributed by atoms with E-state index >= 15 is 0 Å². The number of aliphatic carboxylic acids is 1. The fraction of sp³-hybridized carbons (Fsp3) is 0.733. The summed E-state index contributed by atoms with van der Waals surface area (Å²) >= 11 is 0. The van der Waals surface area contributed by atoms with Crippen molar-refractivity contribution in [2.45, 2.75) is 32.1 Å². The van der Waals surface area contributed by atoms with Crippen LogP contribution in [-0.4, -0.2) is 54.3 Å². The molecule has 0 aromatic rings. The average Bonchev–Trinajstić information content (AvgIpc) is 2.54. The van der Waals surface area contributed by atoms with Crippen LogP contribution in [0.1, 0.15) is 32.1 Å². The van der Waals surface area contributed by atoms with Crippen LogP contribution in [-0.2, 0) is 9.59 Å². The van der Waals surface area contributed by atoms with Crippen LogP contribution < -0.4 is 5.32 Å². The standard InChI is InChI=1S/C15H22N4O4/c16-5-2-6-19(10-14(21)22)15(23)18-9-13-4-1-3-12(7-13)8-17-11-20/h12-13H,1-4,6-10H2,(H,18,23)(H,21,22). The highest BCUT2D eigenvalue weighted by Gasteiger charge is 2.23. The highest BCUT2D eigenvalue weighted by atomic mass is 16.4. The fourth-order valence-corrected chi connectivity index (χ4v) is 2.86. The number of urea groups is 1. The van der Waals surface area contributed by atoms with Crippen molar-refractivity contribution in [2.75, 3.05) is 26.2 Å². The SMILES string of the molecule is N#CCCN(CC(=O)O)C(=O)NCC1CCCC(CN=C=O)C1. The topological polar surface area (TPSA) is 123 Å². The van der Waals surface area contributed by atoms with Crippen LogP contribution in [0.2, 0.25) is 0 Å². The molecule has 0 aliphatic heterocycles. The minimum atomic E-state index is -1.11. The molecule has 0 aromatic carbocycles. The molecule has 8 heteroatoms. The fourth-order valence-electron chi connectivity index (χ4n) is 2.86. The van der Waals surface area contributed by atoms with E-state index in [2.05, 4.69) is 10.3 Å². The van der Waals surface area contributed by atoms with E-state index in [0.717, 1.165) is 30.6 Å². The summed E-state index contributed by atoms with van der Waals surface area (Å²) in [6.07, 6.45) is 5.54. The zero-order valence-electron chi connectivity index (χ0n) is 13.0. The van der Waals surface area contributed by atoms with Crippen molar-refractivity contribution < 1.29 is 19.5 Å². The predicted molar refractivity (Wildman–Crippen MR) is 81.3 cm³/mol. The molecule has 1 rings (SSSR count). The van der Waals surface area contributed by atoms with E-state index in [1.54, 1.807) is 6.08 Å². The van der Waals surface area contributed by atoms with Crippen molar-refractivity contribution in [2.24, 2.45) is 16.8 Å². The van der Waals surface area contributed by atoms with Crippen LogP contribution in [0.4, 0.5) is 4.79 Å². The van der Waals surface area contributed by atoms with Gasteiger partial charge in [0, 0.05) is 13.1 Å². The Labute approximate surface area is 135 Å². The average molecular weight is 322 g/mol. The molecule has 2 amide bonds. The molecule has 1 aliphatic rings. The first kappa shape index (κ1) is 18.7. The molecule has 2 unspecified atom stereocenters. The van der Waals surface area contributed by atoms with Crippen molar-refractivity contribution in [3.05, 3.63) is 0 Å². The molecule has 126 valence electrons. The summed E-state index contributed by atoms with van der Waals surface area (Å²) in [6.45, 7) is 0.606. The first-order valence-electron chi connectivity index (χ1n) is 7.72. The Morgan fingerprint density at radius 3 is 2.74 bits per heavy atom. The normalized spacial score (nSPS) is 20.0. The molecular weight excluding hydrogens is 300 g/mol. The van der Waals surface area contributed by atoms with E-state index < -0.39 is 18.5 Å². The van der Waals surface area contributed by atoms with Crippen LogP contribution in [0.3, 0.4) is 0 Å². The highest BCUT2D eigenvalue weighted by molar-refractivity contribution is 5.80. The monoisotopic (exact) mass is 322 g/mol. The molecule has 0 heterocycles. The minimum absolute atomic E-state index is 0.0932. The van der Waals surface area contributed by atoms with Crippen LogP contribution in [0.15, 0.2) is 4.99 Å². The van der Waals surface area contributed by atoms with Crippen LogP contribution in [0.5, 0.6) is 0 Å². The zero-order valence-corrected chi connectivity index (χ0v) is 13.0. The van der Waals surface area contributed by atoms with Crippen molar-refractivity contribution in [1.29, 1.82) is 5.26 Å². The Morgan fingerprint density at radius 1 is 1.35 bits per heavy atom. The molecule has 0 aromatic heterocycles. The van der Waals surface area contributed by atoms with Gasteiger partial charge in [-0.05, 0) is 31.1 Å². The van der Waals surface area contributed by atoms with Gasteiger partial charge in [0.2, 0.25) is 6.08 Å². The molecule has 0 radical (unpaired) electrons. The summed E-state index contributed by atoms with van der Waals surface area (Å²) < 4.78 is 0. The number of hydrogen-bond donors (Lipinski definition) is 2. The first-order chi connectivity index (χ1) is 11.1. The molecule has 2 N–H and O–H groups in total. The van der Waals surface area contributed by atoms with E-state index in [1.807, 2.05) is 6.07 Å². The lowest BCUT2D eigenvalue weighted by Crippen LogP contribution is -2.45. The number of carbonyl (C=O) groups excluding carboxylic acids is 2. The number of nitrogens with one attached hydrogen (secondary N) is 1. The van der Waals surface area contributed by atoms with E-state index in [4.69, 9.17) is 10.4 Å². The Kier molecular flexibility index (Phi) is 8.40. The van der Waals surface area contributed by atoms with Crippen molar-refractivity contribution >= 4 is 18.1 Å². The van der Waals surface area contributed by atoms with Crippen LogP contribution >= 0.6 is 0 Å². The van der Waals surface area contributed by atoms with Gasteiger partial charge in [-0.25, -0.2) is 14.6 Å². The number of aliphatic imine (C=N–C) groups is 1. The van der Waals surface area contributed by atoms with E-state index in [0.29, 0.717) is 24.9 Å². The predicted octanol–water partition coefficient (Wildman–Crippen LogP) is 1.14. The van der Waals surface area contributed by atoms with Crippen molar-refractivity contribution in [3.8, 4) is 6.07 Å². The maximum atomic E-state index is 12.1. The number of rotatable bonds is 8. The minimum Gasteiger partial charge on any atom is -0.480 e. The van der Waals surface area contributed by atoms with Gasteiger partial charge in [-0.3, -0.25) is 4.79 Å². The maximum absolute atomic E-state index is 12.1. The Hall–Kier alpha value is -2.39. The lowest BCUT2D eigenvalue weighted by atomic mass is 9.81. The first-order valence-corrected chi connectivity index (χ1v) is 7.72. The molecular formula is C15H22N4O4. The number of carboxylic acid groups (broad SMARTS) is 1. The lowest BCUT2D eigenvalue weighted by molar-refractivity contribution is -0.137. The molecule has 0 spiro atoms. The van der Waals surface area contributed by atoms with Crippen molar-refractivity contribution in [1.82, 2.24) is 10.2 Å². The number of hydrogen-bond acceptors (Lipinski definition) is 5. The van der Waals surface area contributed by atoms with Crippen LogP contribution in [0.25, 0.3) is 0 Å². The van der Waals surface area contributed by atoms with Gasteiger partial charge in [0.1, 0.15) is 6.54 Å². The summed E-state index contributed by atoms with van der Waals surface area (Å²) in [6, 6.07) is 1.44. The van der Waals surface area contributed by atoms with Crippen LogP contribution in [0, 0.1) is 23.2 Å². The summed E-state index contributed by atoms with van der Waals surface area (Å²) in [4.78, 5) is 37.8. The lowest BCUT2D eigenvalue weighted by Gasteiger charge is -2.29. The Bertz CT molecular complexity index is 496. The summed E-state index contributed by atoms with van der Waals surface area (Å²) in [5.41, 5.74) is 0. The Balaban J connectivity index is 2.44. The summed E-state index contributed by atoms with van der Waals surface area (Å²) in [5.74, 6) is -0.481. The highest BCUT2D eigenvalue weighted by Crippen LogP contribution is 2.28. The molecule has 1 fully saturated rings. The van der Waals surface area contributed by atoms with Gasteiger partial charge >= 0.3 is 12.0 Å². The second kappa shape index (κ2) is 10.4. The summed E-state index contributed by atoms with van der Waals surface area (Å²) in [7, 11) is 0. The third-order valence-corrected chi connectivity index (χ3v) is 3.95. The van der Waals surface area contributed by atoms with Gasteiger partial charge in [0.15, 0.2) is 0 Å². The van der Waals surface area contributed by atoms with Crippen molar-refractivity contribution in [3.63, 3.8) is 0 Å². The molecule has 0 bridgehead atoms. The second-order valence-electron chi connectivity index (χ2n) is 5.74. The molecule has 2 atom stereocenters. The summed E-state index contributed by atoms with van der Waals surface area (Å²) in [5, 5.41) is 20.1. The number of nitriles is 1. The third kappa shape index (κ3) is 7.43. The third-order valence-electron chi connectivity index (χ3n) is 3.95. The quantitative estimate of drug-likeness (QED) is 0.512. The largest absolute Gasteiger partial charge is 0.480 e.